The number of rotatable bonds is 6. The highest BCUT2D eigenvalue weighted by molar-refractivity contribution is 6.35. The summed E-state index contributed by atoms with van der Waals surface area (Å²) < 4.78 is 0. The minimum atomic E-state index is -0.139. The lowest BCUT2D eigenvalue weighted by molar-refractivity contribution is 0.0919. The lowest BCUT2D eigenvalue weighted by Crippen LogP contribution is -2.48. The molecule has 1 amide bonds. The van der Waals surface area contributed by atoms with Gasteiger partial charge in [-0.2, -0.15) is 0 Å². The third-order valence-corrected chi connectivity index (χ3v) is 6.98. The van der Waals surface area contributed by atoms with Crippen molar-refractivity contribution in [3.8, 4) is 0 Å². The Hall–Kier alpha value is -2.11. The number of pyridine rings is 1. The maximum absolute atomic E-state index is 12.8. The fourth-order valence-corrected chi connectivity index (χ4v) is 4.93. The number of amides is 1. The smallest absolute Gasteiger partial charge is 0.251 e. The summed E-state index contributed by atoms with van der Waals surface area (Å²) in [5, 5.41) is 4.79. The maximum atomic E-state index is 12.8. The van der Waals surface area contributed by atoms with E-state index in [0.29, 0.717) is 27.3 Å². The summed E-state index contributed by atoms with van der Waals surface area (Å²) >= 11 is 18.4. The van der Waals surface area contributed by atoms with Crippen LogP contribution in [0.25, 0.3) is 0 Å². The van der Waals surface area contributed by atoms with Crippen LogP contribution in [0.3, 0.4) is 0 Å². The Morgan fingerprint density at radius 1 is 1.00 bits per heavy atom. The van der Waals surface area contributed by atoms with E-state index >= 15 is 0 Å². The largest absolute Gasteiger partial charge is 0.351 e. The maximum Gasteiger partial charge on any atom is 0.251 e. The highest BCUT2D eigenvalue weighted by atomic mass is 35.5. The predicted molar refractivity (Wildman–Crippen MR) is 131 cm³/mol. The first kappa shape index (κ1) is 23.1. The highest BCUT2D eigenvalue weighted by Crippen LogP contribution is 2.36. The molecule has 2 heterocycles. The molecule has 1 aliphatic rings. The predicted octanol–water partition coefficient (Wildman–Crippen LogP) is 6.01. The minimum Gasteiger partial charge on any atom is -0.351 e. The first-order valence-corrected chi connectivity index (χ1v) is 11.7. The molecule has 1 saturated heterocycles. The van der Waals surface area contributed by atoms with E-state index in [9.17, 15) is 4.79 Å². The van der Waals surface area contributed by atoms with Crippen molar-refractivity contribution >= 4 is 40.7 Å². The van der Waals surface area contributed by atoms with E-state index < -0.39 is 0 Å². The van der Waals surface area contributed by atoms with Gasteiger partial charge in [0.05, 0.1) is 0 Å². The summed E-state index contributed by atoms with van der Waals surface area (Å²) in [5.41, 5.74) is 2.71. The molecule has 166 valence electrons. The Morgan fingerprint density at radius 3 is 2.44 bits per heavy atom. The van der Waals surface area contributed by atoms with Gasteiger partial charge in [-0.1, -0.05) is 71.2 Å². The molecule has 1 fully saturated rings. The zero-order valence-corrected chi connectivity index (χ0v) is 19.8. The van der Waals surface area contributed by atoms with E-state index in [1.54, 1.807) is 24.4 Å². The SMILES string of the molecule is O=C(NCC1(c2ccccc2)CCN(Cc2ccc(Cl)cc2Cl)CC1)c1ccnc(Cl)c1. The Kier molecular flexibility index (Phi) is 7.37. The molecule has 1 aromatic heterocycles. The van der Waals surface area contributed by atoms with Crippen molar-refractivity contribution < 1.29 is 4.79 Å². The number of aromatic nitrogens is 1. The molecule has 4 rings (SSSR count). The summed E-state index contributed by atoms with van der Waals surface area (Å²) in [5.74, 6) is -0.139. The third kappa shape index (κ3) is 5.44. The summed E-state index contributed by atoms with van der Waals surface area (Å²) in [6.07, 6.45) is 3.41. The average molecular weight is 489 g/mol. The second-order valence-corrected chi connectivity index (χ2v) is 9.44. The Bertz CT molecular complexity index is 1080. The van der Waals surface area contributed by atoms with E-state index in [-0.39, 0.29) is 11.3 Å². The number of hydrogen-bond donors (Lipinski definition) is 1. The molecule has 0 unspecified atom stereocenters. The van der Waals surface area contributed by atoms with E-state index in [4.69, 9.17) is 34.8 Å². The van der Waals surface area contributed by atoms with Crippen molar-refractivity contribution in [1.29, 1.82) is 0 Å². The molecule has 0 spiro atoms. The number of halogens is 3. The number of benzene rings is 2. The lowest BCUT2D eigenvalue weighted by atomic mass is 9.72. The van der Waals surface area contributed by atoms with Gasteiger partial charge in [0, 0.05) is 40.3 Å². The van der Waals surface area contributed by atoms with Crippen molar-refractivity contribution in [3.63, 3.8) is 0 Å². The molecule has 1 aliphatic heterocycles. The van der Waals surface area contributed by atoms with Crippen LogP contribution in [-0.2, 0) is 12.0 Å². The molecule has 2 aromatic carbocycles. The normalized spacial score (nSPS) is 16.0. The fraction of sp³-hybridized carbons (Fsp3) is 0.280. The second kappa shape index (κ2) is 10.2. The molecule has 4 nitrogen and oxygen atoms in total. The van der Waals surface area contributed by atoms with Crippen molar-refractivity contribution in [3.05, 3.63) is 98.7 Å². The van der Waals surface area contributed by atoms with Crippen LogP contribution in [0.4, 0.5) is 0 Å². The monoisotopic (exact) mass is 487 g/mol. The topological polar surface area (TPSA) is 45.2 Å². The quantitative estimate of drug-likeness (QED) is 0.432. The molecule has 0 bridgehead atoms. The van der Waals surface area contributed by atoms with E-state index in [1.807, 2.05) is 18.2 Å². The van der Waals surface area contributed by atoms with Crippen LogP contribution in [0.5, 0.6) is 0 Å². The zero-order valence-electron chi connectivity index (χ0n) is 17.5. The van der Waals surface area contributed by atoms with Crippen LogP contribution in [0.15, 0.2) is 66.9 Å². The van der Waals surface area contributed by atoms with Crippen LogP contribution in [0.1, 0.15) is 34.3 Å². The van der Waals surface area contributed by atoms with Gasteiger partial charge in [-0.05, 0) is 61.3 Å². The number of nitrogens with zero attached hydrogens (tertiary/aromatic N) is 2. The first-order chi connectivity index (χ1) is 15.4. The summed E-state index contributed by atoms with van der Waals surface area (Å²) in [4.78, 5) is 19.1. The van der Waals surface area contributed by atoms with Crippen LogP contribution < -0.4 is 5.32 Å². The number of hydrogen-bond acceptors (Lipinski definition) is 3. The van der Waals surface area contributed by atoms with E-state index in [0.717, 1.165) is 38.0 Å². The zero-order chi connectivity index (χ0) is 22.6. The Balaban J connectivity index is 1.47. The van der Waals surface area contributed by atoms with Crippen molar-refractivity contribution in [2.75, 3.05) is 19.6 Å². The number of carbonyl (C=O) groups is 1. The van der Waals surface area contributed by atoms with Gasteiger partial charge in [-0.3, -0.25) is 9.69 Å². The number of carbonyl (C=O) groups excluding carboxylic acids is 1. The lowest BCUT2D eigenvalue weighted by Gasteiger charge is -2.42. The first-order valence-electron chi connectivity index (χ1n) is 10.6. The third-order valence-electron chi connectivity index (χ3n) is 6.18. The van der Waals surface area contributed by atoms with Gasteiger partial charge in [-0.15, -0.1) is 0 Å². The van der Waals surface area contributed by atoms with Crippen molar-refractivity contribution in [2.45, 2.75) is 24.8 Å². The molecular formula is C25H24Cl3N3O. The van der Waals surface area contributed by atoms with Crippen LogP contribution in [0, 0.1) is 0 Å². The Morgan fingerprint density at radius 2 is 1.75 bits per heavy atom. The second-order valence-electron chi connectivity index (χ2n) is 8.21. The van der Waals surface area contributed by atoms with E-state index in [1.165, 1.54) is 5.56 Å². The molecule has 0 aliphatic carbocycles. The minimum absolute atomic E-state index is 0.131. The number of nitrogens with one attached hydrogen (secondary N) is 1. The standard InChI is InChI=1S/C25H24Cl3N3O/c26-21-7-6-19(22(27)15-21)16-31-12-9-25(10-13-31,20-4-2-1-3-5-20)17-30-24(32)18-8-11-29-23(28)14-18/h1-8,11,14-15H,9-10,12-13,16-17H2,(H,30,32). The molecule has 0 saturated carbocycles. The average Bonchev–Trinajstić information content (AvgIpc) is 2.81. The van der Waals surface area contributed by atoms with E-state index in [2.05, 4.69) is 39.5 Å². The van der Waals surface area contributed by atoms with Gasteiger partial charge in [0.1, 0.15) is 5.15 Å². The van der Waals surface area contributed by atoms with Gasteiger partial charge < -0.3 is 5.32 Å². The number of piperidine rings is 1. The van der Waals surface area contributed by atoms with Crippen molar-refractivity contribution in [1.82, 2.24) is 15.2 Å². The van der Waals surface area contributed by atoms with Crippen LogP contribution in [0.2, 0.25) is 15.2 Å². The summed E-state index contributed by atoms with van der Waals surface area (Å²) in [6, 6.07) is 19.4. The molecule has 3 aromatic rings. The fourth-order valence-electron chi connectivity index (χ4n) is 4.28. The molecular weight excluding hydrogens is 465 g/mol. The summed E-state index contributed by atoms with van der Waals surface area (Å²) in [7, 11) is 0. The van der Waals surface area contributed by atoms with Gasteiger partial charge in [0.25, 0.3) is 5.91 Å². The van der Waals surface area contributed by atoms with Crippen LogP contribution >= 0.6 is 34.8 Å². The number of likely N-dealkylation sites (tertiary alicyclic amines) is 1. The van der Waals surface area contributed by atoms with Gasteiger partial charge in [0.2, 0.25) is 0 Å². The highest BCUT2D eigenvalue weighted by Gasteiger charge is 2.36. The molecule has 7 heteroatoms. The molecule has 1 N–H and O–H groups in total. The Labute approximate surface area is 203 Å². The molecule has 32 heavy (non-hydrogen) atoms. The van der Waals surface area contributed by atoms with Gasteiger partial charge in [-0.25, -0.2) is 4.98 Å². The van der Waals surface area contributed by atoms with Gasteiger partial charge >= 0.3 is 0 Å². The molecule has 0 atom stereocenters. The van der Waals surface area contributed by atoms with Gasteiger partial charge in [0.15, 0.2) is 0 Å². The molecule has 0 radical (unpaired) electrons. The van der Waals surface area contributed by atoms with Crippen molar-refractivity contribution in [2.24, 2.45) is 0 Å². The van der Waals surface area contributed by atoms with Crippen LogP contribution in [-0.4, -0.2) is 35.4 Å². The summed E-state index contributed by atoms with van der Waals surface area (Å²) in [6.45, 7) is 3.16.